The minimum absolute atomic E-state index is 0.121. The fourth-order valence-corrected chi connectivity index (χ4v) is 1.65. The van der Waals surface area contributed by atoms with Gasteiger partial charge < -0.3 is 5.32 Å². The third-order valence-electron chi connectivity index (χ3n) is 2.56. The highest BCUT2D eigenvalue weighted by molar-refractivity contribution is 5.85. The lowest BCUT2D eigenvalue weighted by molar-refractivity contribution is 0.229. The number of aliphatic imine (C=N–C) groups is 1. The van der Waals surface area contributed by atoms with Crippen LogP contribution < -0.4 is 5.32 Å². The number of nitrogens with one attached hydrogen (secondary N) is 1. The topological polar surface area (TPSA) is 44.7 Å². The molecule has 1 aliphatic rings. The van der Waals surface area contributed by atoms with Crippen LogP contribution in [0.15, 0.2) is 4.99 Å². The number of rotatable bonds is 2. The molecule has 14 heavy (non-hydrogen) atoms. The smallest absolute Gasteiger partial charge is 0.322 e. The van der Waals surface area contributed by atoms with Gasteiger partial charge in [0.1, 0.15) is 0 Å². The zero-order valence-corrected chi connectivity index (χ0v) is 8.99. The van der Waals surface area contributed by atoms with Crippen LogP contribution in [0.2, 0.25) is 0 Å². The van der Waals surface area contributed by atoms with Gasteiger partial charge in [-0.05, 0) is 12.8 Å². The lowest BCUT2D eigenvalue weighted by atomic mass is 9.96. The minimum atomic E-state index is -0.121. The Labute approximate surface area is 85.4 Å². The van der Waals surface area contributed by atoms with Gasteiger partial charge in [-0.1, -0.05) is 19.3 Å². The molecule has 0 saturated heterocycles. The third-order valence-corrected chi connectivity index (χ3v) is 2.56. The van der Waals surface area contributed by atoms with E-state index in [-0.39, 0.29) is 6.03 Å². The Morgan fingerprint density at radius 1 is 1.43 bits per heavy atom. The van der Waals surface area contributed by atoms with Crippen LogP contribution >= 0.6 is 0 Å². The summed E-state index contributed by atoms with van der Waals surface area (Å²) in [6.07, 6.45) is 7.83. The molecule has 0 aromatic rings. The van der Waals surface area contributed by atoms with Gasteiger partial charge in [0.05, 0.1) is 12.4 Å². The zero-order chi connectivity index (χ0) is 10.4. The number of hydrogen-bond acceptors (Lipinski definition) is 2. The largest absolute Gasteiger partial charge is 0.341 e. The van der Waals surface area contributed by atoms with Crippen molar-refractivity contribution in [1.29, 1.82) is 0 Å². The molecule has 0 spiro atoms. The van der Waals surface area contributed by atoms with Gasteiger partial charge in [0.2, 0.25) is 0 Å². The molecule has 0 aliphatic heterocycles. The highest BCUT2D eigenvalue weighted by Crippen LogP contribution is 2.19. The molecule has 80 valence electrons. The lowest BCUT2D eigenvalue weighted by Crippen LogP contribution is -2.34. The summed E-state index contributed by atoms with van der Waals surface area (Å²) < 4.78 is 0. The molecule has 0 atom stereocenters. The summed E-state index contributed by atoms with van der Waals surface area (Å²) in [7, 11) is 3.33. The number of nitrogens with zero attached hydrogens (tertiary/aromatic N) is 2. The molecule has 2 amide bonds. The van der Waals surface area contributed by atoms with Crippen LogP contribution in [-0.4, -0.2) is 37.4 Å². The van der Waals surface area contributed by atoms with Crippen molar-refractivity contribution in [2.45, 2.75) is 38.1 Å². The summed E-state index contributed by atoms with van der Waals surface area (Å²) in [6, 6.07) is 0.306. The number of carbonyl (C=O) groups is 1. The standard InChI is InChI=1S/C10H19N3O/c1-11-10(14)13(2)8-12-9-6-4-3-5-7-9/h8-9H,3-7H2,1-2H3,(H,11,14). The van der Waals surface area contributed by atoms with Gasteiger partial charge in [-0.3, -0.25) is 9.89 Å². The van der Waals surface area contributed by atoms with E-state index in [1.54, 1.807) is 20.4 Å². The summed E-state index contributed by atoms with van der Waals surface area (Å²) in [5.74, 6) is 0. The first kappa shape index (κ1) is 11.0. The summed E-state index contributed by atoms with van der Waals surface area (Å²) in [4.78, 5) is 17.0. The van der Waals surface area contributed by atoms with E-state index in [2.05, 4.69) is 10.3 Å². The Hall–Kier alpha value is -1.06. The van der Waals surface area contributed by atoms with Crippen LogP contribution in [-0.2, 0) is 0 Å². The van der Waals surface area contributed by atoms with Crippen LogP contribution in [0.1, 0.15) is 32.1 Å². The van der Waals surface area contributed by atoms with Crippen LogP contribution in [0.4, 0.5) is 4.79 Å². The molecule has 1 saturated carbocycles. The molecule has 1 rings (SSSR count). The molecule has 0 bridgehead atoms. The average molecular weight is 197 g/mol. The van der Waals surface area contributed by atoms with Gasteiger partial charge in [0.25, 0.3) is 0 Å². The van der Waals surface area contributed by atoms with E-state index >= 15 is 0 Å². The van der Waals surface area contributed by atoms with Crippen LogP contribution in [0.5, 0.6) is 0 Å². The Balaban J connectivity index is 2.33. The maximum atomic E-state index is 11.1. The Kier molecular flexibility index (Phi) is 4.43. The molecular formula is C10H19N3O. The molecule has 1 fully saturated rings. The fraction of sp³-hybridized carbons (Fsp3) is 0.800. The molecule has 1 aliphatic carbocycles. The monoisotopic (exact) mass is 197 g/mol. The second-order valence-electron chi connectivity index (χ2n) is 3.72. The van der Waals surface area contributed by atoms with E-state index in [0.717, 1.165) is 12.8 Å². The van der Waals surface area contributed by atoms with Crippen molar-refractivity contribution in [2.24, 2.45) is 4.99 Å². The molecule has 0 aromatic carbocycles. The van der Waals surface area contributed by atoms with Gasteiger partial charge in [0, 0.05) is 14.1 Å². The normalized spacial score (nSPS) is 18.4. The first-order valence-corrected chi connectivity index (χ1v) is 5.22. The van der Waals surface area contributed by atoms with Gasteiger partial charge in [-0.25, -0.2) is 4.79 Å². The molecule has 0 radical (unpaired) electrons. The highest BCUT2D eigenvalue weighted by Gasteiger charge is 2.11. The highest BCUT2D eigenvalue weighted by atomic mass is 16.2. The Morgan fingerprint density at radius 3 is 2.64 bits per heavy atom. The molecule has 0 aromatic heterocycles. The molecule has 0 heterocycles. The molecular weight excluding hydrogens is 178 g/mol. The summed E-state index contributed by atoms with van der Waals surface area (Å²) in [5, 5.41) is 2.55. The average Bonchev–Trinajstić information content (AvgIpc) is 2.26. The molecule has 0 unspecified atom stereocenters. The molecule has 4 nitrogen and oxygen atoms in total. The van der Waals surface area contributed by atoms with Gasteiger partial charge in [-0.2, -0.15) is 0 Å². The van der Waals surface area contributed by atoms with Crippen molar-refractivity contribution in [2.75, 3.05) is 14.1 Å². The predicted octanol–water partition coefficient (Wildman–Crippen LogP) is 1.62. The maximum Gasteiger partial charge on any atom is 0.322 e. The van der Waals surface area contributed by atoms with Gasteiger partial charge in [0.15, 0.2) is 0 Å². The third kappa shape index (κ3) is 3.36. The first-order chi connectivity index (χ1) is 6.74. The van der Waals surface area contributed by atoms with Gasteiger partial charge in [-0.15, -0.1) is 0 Å². The van der Waals surface area contributed by atoms with Crippen LogP contribution in [0.3, 0.4) is 0 Å². The van der Waals surface area contributed by atoms with E-state index in [0.29, 0.717) is 6.04 Å². The van der Waals surface area contributed by atoms with Crippen molar-refractivity contribution < 1.29 is 4.79 Å². The van der Waals surface area contributed by atoms with Crippen LogP contribution in [0, 0.1) is 0 Å². The van der Waals surface area contributed by atoms with Crippen molar-refractivity contribution in [3.8, 4) is 0 Å². The quantitative estimate of drug-likeness (QED) is 0.530. The van der Waals surface area contributed by atoms with Crippen molar-refractivity contribution >= 4 is 12.4 Å². The Morgan fingerprint density at radius 2 is 2.07 bits per heavy atom. The van der Waals surface area contributed by atoms with Crippen molar-refractivity contribution in [1.82, 2.24) is 10.2 Å². The van der Waals surface area contributed by atoms with Crippen molar-refractivity contribution in [3.05, 3.63) is 0 Å². The van der Waals surface area contributed by atoms with E-state index in [4.69, 9.17) is 0 Å². The van der Waals surface area contributed by atoms with E-state index in [1.807, 2.05) is 0 Å². The van der Waals surface area contributed by atoms with E-state index in [1.165, 1.54) is 24.2 Å². The van der Waals surface area contributed by atoms with Gasteiger partial charge >= 0.3 is 6.03 Å². The van der Waals surface area contributed by atoms with Crippen LogP contribution in [0.25, 0.3) is 0 Å². The second-order valence-corrected chi connectivity index (χ2v) is 3.72. The zero-order valence-electron chi connectivity index (χ0n) is 8.99. The second kappa shape index (κ2) is 5.62. The molecule has 4 heteroatoms. The SMILES string of the molecule is CNC(=O)N(C)C=NC1CCCCC1. The number of amides is 2. The first-order valence-electron chi connectivity index (χ1n) is 5.22. The number of urea groups is 1. The fourth-order valence-electron chi connectivity index (χ4n) is 1.65. The lowest BCUT2D eigenvalue weighted by Gasteiger charge is -2.18. The van der Waals surface area contributed by atoms with E-state index < -0.39 is 0 Å². The minimum Gasteiger partial charge on any atom is -0.341 e. The summed E-state index contributed by atoms with van der Waals surface area (Å²) >= 11 is 0. The van der Waals surface area contributed by atoms with E-state index in [9.17, 15) is 4.79 Å². The van der Waals surface area contributed by atoms with Crippen molar-refractivity contribution in [3.63, 3.8) is 0 Å². The number of carbonyl (C=O) groups excluding carboxylic acids is 1. The molecule has 1 N–H and O–H groups in total. The number of hydrogen-bond donors (Lipinski definition) is 1. The summed E-state index contributed by atoms with van der Waals surface area (Å²) in [6.45, 7) is 0. The Bertz CT molecular complexity index is 209. The maximum absolute atomic E-state index is 11.1. The predicted molar refractivity (Wildman–Crippen MR) is 57.6 cm³/mol. The summed E-state index contributed by atoms with van der Waals surface area (Å²) in [5.41, 5.74) is 0.